The highest BCUT2D eigenvalue weighted by Gasteiger charge is 2.05. The number of rotatable bonds is 4. The highest BCUT2D eigenvalue weighted by atomic mass is 35.5. The molecule has 0 aliphatic heterocycles. The van der Waals surface area contributed by atoms with Crippen LogP contribution in [0.3, 0.4) is 0 Å². The topological polar surface area (TPSA) is 79.4 Å². The van der Waals surface area contributed by atoms with Gasteiger partial charge >= 0.3 is 0 Å². The van der Waals surface area contributed by atoms with E-state index < -0.39 is 0 Å². The van der Waals surface area contributed by atoms with Gasteiger partial charge in [-0.3, -0.25) is 0 Å². The molecule has 2 aromatic carbocycles. The Kier molecular flexibility index (Phi) is 4.32. The van der Waals surface area contributed by atoms with E-state index in [2.05, 4.69) is 26.9 Å². The first kappa shape index (κ1) is 14.8. The van der Waals surface area contributed by atoms with E-state index in [0.717, 1.165) is 11.4 Å². The van der Waals surface area contributed by atoms with Crippen LogP contribution in [-0.4, -0.2) is 20.2 Å². The summed E-state index contributed by atoms with van der Waals surface area (Å²) in [6.45, 7) is 0. The second kappa shape index (κ2) is 6.73. The molecule has 0 amide bonds. The Labute approximate surface area is 137 Å². The third-order valence-electron chi connectivity index (χ3n) is 3.08. The number of para-hydroxylation sites is 1. The van der Waals surface area contributed by atoms with Gasteiger partial charge in [0.2, 0.25) is 0 Å². The van der Waals surface area contributed by atoms with Gasteiger partial charge in [-0.25, -0.2) is 0 Å². The lowest BCUT2D eigenvalue weighted by atomic mass is 10.2. The first-order chi connectivity index (χ1) is 11.3. The largest absolute Gasteiger partial charge is 0.360 e. The maximum atomic E-state index is 9.06. The molecule has 23 heavy (non-hydrogen) atoms. The summed E-state index contributed by atoms with van der Waals surface area (Å²) in [5, 5.41) is 24.4. The summed E-state index contributed by atoms with van der Waals surface area (Å²) in [5.74, 6) is 0.550. The minimum absolute atomic E-state index is 0.550. The zero-order valence-corrected chi connectivity index (χ0v) is 12.6. The summed E-state index contributed by atoms with van der Waals surface area (Å²) in [4.78, 5) is 0. The average Bonchev–Trinajstić information content (AvgIpc) is 3.04. The predicted molar refractivity (Wildman–Crippen MR) is 88.0 cm³/mol. The summed E-state index contributed by atoms with van der Waals surface area (Å²) >= 11 is 5.88. The molecular formula is C16H11ClN6. The summed E-state index contributed by atoms with van der Waals surface area (Å²) in [7, 11) is 0. The second-order valence-electron chi connectivity index (χ2n) is 4.56. The summed E-state index contributed by atoms with van der Waals surface area (Å²) < 4.78 is 1.59. The van der Waals surface area contributed by atoms with Gasteiger partial charge in [-0.05, 0) is 46.8 Å². The van der Waals surface area contributed by atoms with Crippen LogP contribution in [0.25, 0.3) is 11.8 Å². The van der Waals surface area contributed by atoms with Crippen molar-refractivity contribution in [3.63, 3.8) is 0 Å². The van der Waals surface area contributed by atoms with Crippen LogP contribution in [0.2, 0.25) is 5.02 Å². The maximum Gasteiger partial charge on any atom is 0.181 e. The fourth-order valence-electron chi connectivity index (χ4n) is 1.98. The van der Waals surface area contributed by atoms with Crippen molar-refractivity contribution >= 4 is 23.4 Å². The van der Waals surface area contributed by atoms with Crippen molar-refractivity contribution in [1.29, 1.82) is 5.26 Å². The fourth-order valence-corrected chi connectivity index (χ4v) is 2.10. The smallest absolute Gasteiger partial charge is 0.181 e. The summed E-state index contributed by atoms with van der Waals surface area (Å²) in [6, 6.07) is 16.6. The maximum absolute atomic E-state index is 9.06. The fraction of sp³-hybridized carbons (Fsp3) is 0. The number of anilines is 1. The molecule has 3 rings (SSSR count). The molecule has 0 aliphatic rings. The van der Waals surface area contributed by atoms with Gasteiger partial charge in [0.05, 0.1) is 16.9 Å². The van der Waals surface area contributed by atoms with Crippen molar-refractivity contribution in [1.82, 2.24) is 20.2 Å². The van der Waals surface area contributed by atoms with Gasteiger partial charge in [0, 0.05) is 17.3 Å². The van der Waals surface area contributed by atoms with Crippen LogP contribution in [0.15, 0.2) is 54.7 Å². The van der Waals surface area contributed by atoms with Crippen LogP contribution in [0.1, 0.15) is 11.4 Å². The molecule has 3 aromatic rings. The van der Waals surface area contributed by atoms with Gasteiger partial charge in [-0.1, -0.05) is 23.7 Å². The molecular weight excluding hydrogens is 312 g/mol. The van der Waals surface area contributed by atoms with Crippen molar-refractivity contribution in [3.05, 3.63) is 71.1 Å². The van der Waals surface area contributed by atoms with E-state index in [4.69, 9.17) is 16.9 Å². The lowest BCUT2D eigenvalue weighted by Gasteiger charge is -2.03. The van der Waals surface area contributed by atoms with Crippen molar-refractivity contribution in [2.24, 2.45) is 0 Å². The van der Waals surface area contributed by atoms with E-state index in [1.807, 2.05) is 30.3 Å². The van der Waals surface area contributed by atoms with Crippen molar-refractivity contribution < 1.29 is 0 Å². The lowest BCUT2D eigenvalue weighted by Crippen LogP contribution is -2.00. The molecule has 1 aromatic heterocycles. The van der Waals surface area contributed by atoms with Gasteiger partial charge < -0.3 is 5.32 Å². The molecule has 1 N–H and O–H groups in total. The zero-order chi connectivity index (χ0) is 16.1. The number of benzene rings is 2. The van der Waals surface area contributed by atoms with E-state index in [1.165, 1.54) is 0 Å². The number of halogens is 1. The van der Waals surface area contributed by atoms with Crippen LogP contribution in [0.4, 0.5) is 5.69 Å². The average molecular weight is 323 g/mol. The van der Waals surface area contributed by atoms with Crippen molar-refractivity contribution in [2.75, 3.05) is 5.32 Å². The molecule has 0 aliphatic carbocycles. The second-order valence-corrected chi connectivity index (χ2v) is 5.00. The van der Waals surface area contributed by atoms with Crippen LogP contribution in [-0.2, 0) is 0 Å². The van der Waals surface area contributed by atoms with Gasteiger partial charge in [-0.15, -0.1) is 5.10 Å². The molecule has 0 atom stereocenters. The van der Waals surface area contributed by atoms with Crippen LogP contribution in [0, 0.1) is 11.3 Å². The Morgan fingerprint density at radius 2 is 1.91 bits per heavy atom. The molecule has 0 saturated carbocycles. The first-order valence-corrected chi connectivity index (χ1v) is 7.12. The predicted octanol–water partition coefficient (Wildman–Crippen LogP) is 3.27. The number of nitrogens with one attached hydrogen (secondary N) is 1. The van der Waals surface area contributed by atoms with Gasteiger partial charge in [0.25, 0.3) is 0 Å². The molecule has 1 heterocycles. The normalized spacial score (nSPS) is 10.6. The first-order valence-electron chi connectivity index (χ1n) is 6.74. The van der Waals surface area contributed by atoms with Gasteiger partial charge in [0.1, 0.15) is 6.07 Å². The Morgan fingerprint density at radius 1 is 1.13 bits per heavy atom. The molecule has 0 radical (unpaired) electrons. The van der Waals surface area contributed by atoms with Crippen molar-refractivity contribution in [3.8, 4) is 11.8 Å². The van der Waals surface area contributed by atoms with Gasteiger partial charge in [0.15, 0.2) is 5.82 Å². The van der Waals surface area contributed by atoms with Crippen LogP contribution >= 0.6 is 11.6 Å². The number of tetrazole rings is 1. The van der Waals surface area contributed by atoms with Crippen LogP contribution < -0.4 is 5.32 Å². The third-order valence-corrected chi connectivity index (χ3v) is 3.34. The molecule has 0 unspecified atom stereocenters. The van der Waals surface area contributed by atoms with E-state index in [-0.39, 0.29) is 0 Å². The molecule has 0 spiro atoms. The minimum Gasteiger partial charge on any atom is -0.360 e. The summed E-state index contributed by atoms with van der Waals surface area (Å²) in [6.07, 6.45) is 3.41. The standard InChI is InChI=1S/C16H11ClN6/c17-13-5-7-14(8-6-13)23-16(20-21-22-23)9-10-19-15-4-2-1-3-12(15)11-18/h1-10,19H/b10-9+. The summed E-state index contributed by atoms with van der Waals surface area (Å²) in [5.41, 5.74) is 2.09. The Morgan fingerprint density at radius 3 is 2.70 bits per heavy atom. The van der Waals surface area contributed by atoms with E-state index in [1.54, 1.807) is 35.2 Å². The van der Waals surface area contributed by atoms with Gasteiger partial charge in [-0.2, -0.15) is 9.94 Å². The Balaban J connectivity index is 1.80. The SMILES string of the molecule is N#Cc1ccccc1N/C=C/c1nnnn1-c1ccc(Cl)cc1. The molecule has 0 fully saturated rings. The highest BCUT2D eigenvalue weighted by molar-refractivity contribution is 6.30. The zero-order valence-electron chi connectivity index (χ0n) is 11.9. The Hall–Kier alpha value is -3.17. The molecule has 6 nitrogen and oxygen atoms in total. The number of nitrogens with zero attached hydrogens (tertiary/aromatic N) is 5. The molecule has 0 saturated heterocycles. The lowest BCUT2D eigenvalue weighted by molar-refractivity contribution is 0.787. The number of hydrogen-bond donors (Lipinski definition) is 1. The van der Waals surface area contributed by atoms with Crippen LogP contribution in [0.5, 0.6) is 0 Å². The number of aromatic nitrogens is 4. The Bertz CT molecular complexity index is 876. The molecule has 0 bridgehead atoms. The third kappa shape index (κ3) is 3.36. The van der Waals surface area contributed by atoms with E-state index in [9.17, 15) is 0 Å². The quantitative estimate of drug-likeness (QED) is 0.797. The molecule has 7 heteroatoms. The minimum atomic E-state index is 0.550. The number of nitriles is 1. The van der Waals surface area contributed by atoms with E-state index >= 15 is 0 Å². The monoisotopic (exact) mass is 322 g/mol. The highest BCUT2D eigenvalue weighted by Crippen LogP contribution is 2.15. The molecule has 112 valence electrons. The van der Waals surface area contributed by atoms with E-state index in [0.29, 0.717) is 16.4 Å². The van der Waals surface area contributed by atoms with Crippen molar-refractivity contribution in [2.45, 2.75) is 0 Å². The number of hydrogen-bond acceptors (Lipinski definition) is 5.